The number of aryl methyl sites for hydroxylation is 1. The fraction of sp³-hybridized carbons (Fsp3) is 0.312. The highest BCUT2D eigenvalue weighted by molar-refractivity contribution is 5.93. The predicted octanol–water partition coefficient (Wildman–Crippen LogP) is 2.57. The van der Waals surface area contributed by atoms with Crippen LogP contribution in [0.15, 0.2) is 70.9 Å². The lowest BCUT2D eigenvalue weighted by atomic mass is 9.89. The highest BCUT2D eigenvalue weighted by atomic mass is 19.4. The number of esters is 1. The van der Waals surface area contributed by atoms with Crippen LogP contribution in [0.2, 0.25) is 0 Å². The number of alkyl halides is 3. The number of likely N-dealkylation sites (N-methyl/N-ethyl adjacent to an activating group) is 1. The third-order valence-electron chi connectivity index (χ3n) is 8.02. The minimum atomic E-state index is -4.62. The average Bonchev–Trinajstić information content (AvgIpc) is 3.62. The van der Waals surface area contributed by atoms with E-state index < -0.39 is 35.9 Å². The zero-order valence-corrected chi connectivity index (χ0v) is 26.8. The Labute approximate surface area is 273 Å². The van der Waals surface area contributed by atoms with Gasteiger partial charge >= 0.3 is 17.8 Å². The number of nitriles is 1. The molecule has 0 spiro atoms. The van der Waals surface area contributed by atoms with Crippen LogP contribution < -0.4 is 15.7 Å². The third kappa shape index (κ3) is 7.15. The van der Waals surface area contributed by atoms with E-state index in [-0.39, 0.29) is 22.9 Å². The van der Waals surface area contributed by atoms with E-state index in [0.717, 1.165) is 18.0 Å². The van der Waals surface area contributed by atoms with Crippen LogP contribution in [-0.4, -0.2) is 69.0 Å². The number of carbonyl (C=O) groups excluding carboxylic acids is 2. The number of aromatic nitrogens is 5. The number of nitrogens with one attached hydrogen (secondary N) is 1. The lowest BCUT2D eigenvalue weighted by Gasteiger charge is -2.36. The van der Waals surface area contributed by atoms with Crippen molar-refractivity contribution in [1.82, 2.24) is 24.3 Å². The maximum Gasteiger partial charge on any atom is 0.416 e. The Kier molecular flexibility index (Phi) is 10.2. The van der Waals surface area contributed by atoms with E-state index in [4.69, 9.17) is 14.6 Å². The SMILES string of the molecule is COC(=O)C1=C(C)N(c2cccc(C(F)(F)F)c2)c2n[nH]c(=O)n2[C@@H]1c1ccc(C#N)cc1CC[N+](C)(C)Cc1nccn1C.O=C[O-]. The zero-order valence-electron chi connectivity index (χ0n) is 26.8. The van der Waals surface area contributed by atoms with Crippen molar-refractivity contribution < 1.29 is 37.1 Å². The zero-order chi connectivity index (χ0) is 35.4. The van der Waals surface area contributed by atoms with Crippen LogP contribution in [0.4, 0.5) is 24.8 Å². The Morgan fingerprint density at radius 3 is 2.54 bits per heavy atom. The topological polar surface area (TPSA) is 162 Å². The van der Waals surface area contributed by atoms with Crippen LogP contribution >= 0.6 is 0 Å². The van der Waals surface area contributed by atoms with Gasteiger partial charge < -0.3 is 23.7 Å². The van der Waals surface area contributed by atoms with Crippen molar-refractivity contribution in [3.63, 3.8) is 0 Å². The number of allylic oxidation sites excluding steroid dienone is 1. The van der Waals surface area contributed by atoms with Crippen molar-refractivity contribution in [2.45, 2.75) is 32.1 Å². The number of ether oxygens (including phenoxy) is 1. The van der Waals surface area contributed by atoms with E-state index in [1.165, 1.54) is 28.7 Å². The summed E-state index contributed by atoms with van der Waals surface area (Å²) in [7, 11) is 7.22. The van der Waals surface area contributed by atoms with Gasteiger partial charge in [-0.1, -0.05) is 12.1 Å². The molecule has 0 radical (unpaired) electrons. The van der Waals surface area contributed by atoms with E-state index in [1.807, 2.05) is 17.8 Å². The molecule has 3 heterocycles. The molecular weight excluding hydrogens is 633 g/mol. The van der Waals surface area contributed by atoms with Crippen molar-refractivity contribution >= 4 is 24.1 Å². The van der Waals surface area contributed by atoms with Gasteiger partial charge in [-0.2, -0.15) is 18.4 Å². The van der Waals surface area contributed by atoms with Gasteiger partial charge in [0, 0.05) is 43.7 Å². The van der Waals surface area contributed by atoms with Gasteiger partial charge in [-0.15, -0.1) is 5.10 Å². The van der Waals surface area contributed by atoms with Gasteiger partial charge in [-0.3, -0.25) is 4.90 Å². The molecule has 1 atom stereocenters. The van der Waals surface area contributed by atoms with E-state index in [0.29, 0.717) is 40.7 Å². The summed E-state index contributed by atoms with van der Waals surface area (Å²) in [5.74, 6) is 0.124. The second-order valence-corrected chi connectivity index (χ2v) is 11.6. The summed E-state index contributed by atoms with van der Waals surface area (Å²) < 4.78 is 49.8. The van der Waals surface area contributed by atoms with Crippen molar-refractivity contribution in [1.29, 1.82) is 5.26 Å². The van der Waals surface area contributed by atoms with Crippen LogP contribution in [0, 0.1) is 11.3 Å². The minimum Gasteiger partial charge on any atom is -0.554 e. The van der Waals surface area contributed by atoms with Crippen molar-refractivity contribution in [2.24, 2.45) is 7.05 Å². The number of methoxy groups -OCH3 is 1. The molecule has 0 saturated heterocycles. The molecule has 16 heteroatoms. The number of quaternary nitrogens is 1. The number of hydrogen-bond acceptors (Lipinski definition) is 9. The van der Waals surface area contributed by atoms with Crippen LogP contribution in [-0.2, 0) is 40.5 Å². The molecule has 2 aromatic heterocycles. The van der Waals surface area contributed by atoms with E-state index in [1.54, 1.807) is 31.3 Å². The molecule has 0 amide bonds. The van der Waals surface area contributed by atoms with Crippen LogP contribution in [0.5, 0.6) is 0 Å². The van der Waals surface area contributed by atoms with Gasteiger partial charge in [0.2, 0.25) is 5.95 Å². The van der Waals surface area contributed by atoms with E-state index >= 15 is 0 Å². The van der Waals surface area contributed by atoms with Gasteiger partial charge in [0.15, 0.2) is 5.82 Å². The minimum absolute atomic E-state index is 0.00400. The number of carbonyl (C=O) groups is 2. The monoisotopic (exact) mass is 666 g/mol. The van der Waals surface area contributed by atoms with Gasteiger partial charge in [0.1, 0.15) is 12.6 Å². The summed E-state index contributed by atoms with van der Waals surface area (Å²) >= 11 is 0. The fourth-order valence-corrected chi connectivity index (χ4v) is 5.67. The summed E-state index contributed by atoms with van der Waals surface area (Å²) in [4.78, 5) is 40.9. The van der Waals surface area contributed by atoms with Gasteiger partial charge in [0.05, 0.1) is 50.5 Å². The molecule has 4 aromatic rings. The quantitative estimate of drug-likeness (QED) is 0.169. The Bertz CT molecular complexity index is 1950. The first-order valence-electron chi connectivity index (χ1n) is 14.5. The Hall–Kier alpha value is -5.69. The van der Waals surface area contributed by atoms with Crippen LogP contribution in [0.25, 0.3) is 0 Å². The highest BCUT2D eigenvalue weighted by Crippen LogP contribution is 2.43. The molecule has 0 fully saturated rings. The number of rotatable bonds is 8. The molecule has 0 bridgehead atoms. The van der Waals surface area contributed by atoms with E-state index in [2.05, 4.69) is 35.3 Å². The van der Waals surface area contributed by atoms with Crippen LogP contribution in [0.1, 0.15) is 41.0 Å². The van der Waals surface area contributed by atoms with Gasteiger partial charge in [-0.25, -0.2) is 24.2 Å². The number of hydrogen-bond donors (Lipinski definition) is 1. The Balaban J connectivity index is 0.00000167. The standard InChI is InChI=1S/C31H31F3N8O3.CH2O2/c1-19-26(28(43)45-5)27(41-29(37-38-30(41)44)40(19)23-8-6-7-22(16-23)31(32,33)34)24-10-9-20(17-35)15-21(24)11-14-42(3,4)18-25-36-12-13-39(25)2;2-1-3/h6-10,12-13,15-16,27H,11,14,18H2,1-5H3;1H,(H,2,3)/t27-;/m1./s1. The lowest BCUT2D eigenvalue weighted by Crippen LogP contribution is -2.41. The van der Waals surface area contributed by atoms with Crippen molar-refractivity contribution in [2.75, 3.05) is 32.6 Å². The third-order valence-corrected chi connectivity index (χ3v) is 8.02. The van der Waals surface area contributed by atoms with Crippen molar-refractivity contribution in [3.05, 3.63) is 105 Å². The average molecular weight is 667 g/mol. The predicted molar refractivity (Wildman–Crippen MR) is 164 cm³/mol. The molecular formula is C32H33F3N8O5. The number of nitrogens with zero attached hydrogens (tertiary/aromatic N) is 7. The first-order chi connectivity index (χ1) is 22.7. The maximum absolute atomic E-state index is 13.7. The summed E-state index contributed by atoms with van der Waals surface area (Å²) in [6.07, 6.45) is -0.550. The van der Waals surface area contributed by atoms with Gasteiger partial charge in [0.25, 0.3) is 0 Å². The summed E-state index contributed by atoms with van der Waals surface area (Å²) in [6.45, 7) is 2.31. The number of H-pyrrole nitrogens is 1. The number of aromatic amines is 1. The number of halogens is 3. The molecule has 0 aliphatic carbocycles. The smallest absolute Gasteiger partial charge is 0.416 e. The summed E-state index contributed by atoms with van der Waals surface area (Å²) in [5.41, 5.74) is 0.407. The molecule has 2 aromatic carbocycles. The number of anilines is 2. The molecule has 0 unspecified atom stereocenters. The van der Waals surface area contributed by atoms with Crippen molar-refractivity contribution in [3.8, 4) is 6.07 Å². The maximum atomic E-state index is 13.7. The molecule has 1 N–H and O–H groups in total. The largest absolute Gasteiger partial charge is 0.554 e. The molecule has 252 valence electrons. The second kappa shape index (κ2) is 14.0. The summed E-state index contributed by atoms with van der Waals surface area (Å²) in [6, 6.07) is 10.7. The lowest BCUT2D eigenvalue weighted by molar-refractivity contribution is -0.904. The molecule has 5 rings (SSSR count). The Morgan fingerprint density at radius 2 is 1.94 bits per heavy atom. The number of fused-ring (bicyclic) bond motifs is 1. The molecule has 0 saturated carbocycles. The molecule has 1 aliphatic rings. The first-order valence-corrected chi connectivity index (χ1v) is 14.5. The second-order valence-electron chi connectivity index (χ2n) is 11.6. The van der Waals surface area contributed by atoms with Gasteiger partial charge in [-0.05, 0) is 48.4 Å². The molecule has 48 heavy (non-hydrogen) atoms. The summed E-state index contributed by atoms with van der Waals surface area (Å²) in [5, 5.41) is 24.5. The molecule has 13 nitrogen and oxygen atoms in total. The molecule has 1 aliphatic heterocycles. The van der Waals surface area contributed by atoms with E-state index in [9.17, 15) is 28.0 Å². The van der Waals surface area contributed by atoms with Crippen LogP contribution in [0.3, 0.4) is 0 Å². The number of benzene rings is 2. The number of imidazole rings is 1. The highest BCUT2D eigenvalue weighted by Gasteiger charge is 2.41. The number of carboxylic acid groups (broad SMARTS) is 1. The normalized spacial score (nSPS) is 14.5. The first kappa shape index (κ1) is 35.2. The fourth-order valence-electron chi connectivity index (χ4n) is 5.67. The Morgan fingerprint density at radius 1 is 1.23 bits per heavy atom.